The van der Waals surface area contributed by atoms with E-state index in [4.69, 9.17) is 19.0 Å². The van der Waals surface area contributed by atoms with Crippen LogP contribution in [0.25, 0.3) is 0 Å². The summed E-state index contributed by atoms with van der Waals surface area (Å²) in [6.45, 7) is 2.28. The molecule has 1 aromatic rings. The van der Waals surface area contributed by atoms with E-state index in [1.807, 2.05) is 18.2 Å². The van der Waals surface area contributed by atoms with Crippen molar-refractivity contribution in [2.75, 3.05) is 27.4 Å². The molecule has 2 saturated carbocycles. The van der Waals surface area contributed by atoms with Crippen LogP contribution >= 0.6 is 0 Å². The van der Waals surface area contributed by atoms with E-state index in [2.05, 4.69) is 5.16 Å². The number of carbonyl (C=O) groups is 3. The molecule has 0 unspecified atom stereocenters. The molecule has 2 bridgehead atoms. The Hall–Kier alpha value is -3.10. The van der Waals surface area contributed by atoms with Gasteiger partial charge in [-0.3, -0.25) is 14.5 Å². The highest BCUT2D eigenvalue weighted by Gasteiger charge is 2.70. The number of amides is 2. The fourth-order valence-corrected chi connectivity index (χ4v) is 6.06. The summed E-state index contributed by atoms with van der Waals surface area (Å²) in [6, 6.07) is 5.57. The zero-order valence-electron chi connectivity index (χ0n) is 18.3. The molecular formula is C23H26N2O7. The SMILES string of the molecule is CCOC(=O)C1=NO[C@H]2[C@@H]3C[C@H]([C@H]4C(=O)N(CCc5ccc(OC)c(OC)c5)C(=O)[C@H]34)[C@H]12. The zero-order valence-corrected chi connectivity index (χ0v) is 18.3. The van der Waals surface area contributed by atoms with E-state index in [1.165, 1.54) is 4.90 Å². The van der Waals surface area contributed by atoms with Gasteiger partial charge in [0.15, 0.2) is 17.2 Å². The third-order valence-corrected chi connectivity index (χ3v) is 7.34. The van der Waals surface area contributed by atoms with Gasteiger partial charge in [0.1, 0.15) is 6.10 Å². The minimum Gasteiger partial charge on any atom is -0.493 e. The van der Waals surface area contributed by atoms with Crippen LogP contribution < -0.4 is 9.47 Å². The van der Waals surface area contributed by atoms with Gasteiger partial charge in [-0.05, 0) is 43.4 Å². The molecule has 4 aliphatic rings. The molecule has 2 heterocycles. The fraction of sp³-hybridized carbons (Fsp3) is 0.565. The molecular weight excluding hydrogens is 416 g/mol. The first-order valence-electron chi connectivity index (χ1n) is 11.0. The molecule has 2 aliphatic heterocycles. The van der Waals surface area contributed by atoms with E-state index in [0.717, 1.165) is 5.56 Å². The van der Waals surface area contributed by atoms with Crippen molar-refractivity contribution in [1.82, 2.24) is 4.90 Å². The summed E-state index contributed by atoms with van der Waals surface area (Å²) < 4.78 is 15.7. The first-order valence-corrected chi connectivity index (χ1v) is 11.0. The maximum atomic E-state index is 13.3. The Morgan fingerprint density at radius 3 is 2.50 bits per heavy atom. The molecule has 5 rings (SSSR count). The molecule has 0 aromatic heterocycles. The number of hydrogen-bond donors (Lipinski definition) is 0. The third-order valence-electron chi connectivity index (χ3n) is 7.34. The highest BCUT2D eigenvalue weighted by Crippen LogP contribution is 2.61. The number of likely N-dealkylation sites (tertiary alicyclic amines) is 1. The monoisotopic (exact) mass is 442 g/mol. The van der Waals surface area contributed by atoms with Gasteiger partial charge >= 0.3 is 5.97 Å². The number of nitrogens with zero attached hydrogens (tertiary/aromatic N) is 2. The molecule has 1 saturated heterocycles. The van der Waals surface area contributed by atoms with Gasteiger partial charge in [-0.1, -0.05) is 11.2 Å². The maximum absolute atomic E-state index is 13.3. The maximum Gasteiger partial charge on any atom is 0.356 e. The molecule has 6 atom stereocenters. The largest absolute Gasteiger partial charge is 0.493 e. The lowest BCUT2D eigenvalue weighted by atomic mass is 9.72. The molecule has 170 valence electrons. The van der Waals surface area contributed by atoms with Crippen LogP contribution in [0.15, 0.2) is 23.4 Å². The molecule has 0 radical (unpaired) electrons. The van der Waals surface area contributed by atoms with Gasteiger partial charge in [-0.2, -0.15) is 0 Å². The number of hydrogen-bond acceptors (Lipinski definition) is 8. The van der Waals surface area contributed by atoms with Crippen molar-refractivity contribution >= 4 is 23.5 Å². The normalized spacial score (nSPS) is 31.8. The van der Waals surface area contributed by atoms with Crippen molar-refractivity contribution in [3.8, 4) is 11.5 Å². The molecule has 0 N–H and O–H groups in total. The highest BCUT2D eigenvalue weighted by molar-refractivity contribution is 6.38. The number of fused-ring (bicyclic) bond motifs is 8. The van der Waals surface area contributed by atoms with Crippen LogP contribution in [0, 0.1) is 29.6 Å². The Labute approximate surface area is 185 Å². The number of oxime groups is 1. The molecule has 0 spiro atoms. The van der Waals surface area contributed by atoms with Crippen LogP contribution in [0.4, 0.5) is 0 Å². The third kappa shape index (κ3) is 2.90. The van der Waals surface area contributed by atoms with Crippen molar-refractivity contribution in [3.63, 3.8) is 0 Å². The second-order valence-electron chi connectivity index (χ2n) is 8.68. The van der Waals surface area contributed by atoms with Crippen LogP contribution in [-0.2, 0) is 30.4 Å². The molecule has 3 fully saturated rings. The molecule has 9 heteroatoms. The number of imide groups is 1. The van der Waals surface area contributed by atoms with Gasteiger partial charge in [0, 0.05) is 12.5 Å². The van der Waals surface area contributed by atoms with Crippen LogP contribution in [0.3, 0.4) is 0 Å². The lowest BCUT2D eigenvalue weighted by Gasteiger charge is -2.29. The average Bonchev–Trinajstić information content (AvgIpc) is 3.53. The second-order valence-corrected chi connectivity index (χ2v) is 8.68. The minimum atomic E-state index is -0.494. The Balaban J connectivity index is 1.31. The Morgan fingerprint density at radius 1 is 1.09 bits per heavy atom. The summed E-state index contributed by atoms with van der Waals surface area (Å²) in [4.78, 5) is 45.8. The standard InChI is InChI=1S/C23H26N2O7/c1-4-31-23(28)19-18-12-10-13(20(18)32-24-19)17-16(12)21(26)25(22(17)27)8-7-11-5-6-14(29-2)15(9-11)30-3/h5-6,9,12-13,16-18,20H,4,7-8,10H2,1-3H3/t12-,13-,16-,17-,18-,20+/m1/s1. The summed E-state index contributed by atoms with van der Waals surface area (Å²) in [7, 11) is 3.14. The molecule has 32 heavy (non-hydrogen) atoms. The first-order chi connectivity index (χ1) is 15.5. The predicted octanol–water partition coefficient (Wildman–Crippen LogP) is 1.43. The summed E-state index contributed by atoms with van der Waals surface area (Å²) in [5, 5.41) is 3.97. The fourth-order valence-electron chi connectivity index (χ4n) is 6.06. The summed E-state index contributed by atoms with van der Waals surface area (Å²) in [5.41, 5.74) is 1.20. The van der Waals surface area contributed by atoms with Crippen LogP contribution in [0.5, 0.6) is 11.5 Å². The van der Waals surface area contributed by atoms with Crippen LogP contribution in [0.1, 0.15) is 18.9 Å². The van der Waals surface area contributed by atoms with Crippen LogP contribution in [0.2, 0.25) is 0 Å². The van der Waals surface area contributed by atoms with E-state index < -0.39 is 17.8 Å². The van der Waals surface area contributed by atoms with E-state index in [9.17, 15) is 14.4 Å². The number of benzene rings is 1. The molecule has 9 nitrogen and oxygen atoms in total. The summed E-state index contributed by atoms with van der Waals surface area (Å²) in [6.07, 6.45) is 0.887. The van der Waals surface area contributed by atoms with Gasteiger partial charge in [0.2, 0.25) is 11.8 Å². The second kappa shape index (κ2) is 7.79. The lowest BCUT2D eigenvalue weighted by molar-refractivity contribution is -0.141. The summed E-state index contributed by atoms with van der Waals surface area (Å²) >= 11 is 0. The van der Waals surface area contributed by atoms with Gasteiger partial charge in [0.25, 0.3) is 0 Å². The first kappa shape index (κ1) is 20.8. The number of esters is 1. The number of methoxy groups -OCH3 is 2. The molecule has 1 aromatic carbocycles. The van der Waals surface area contributed by atoms with Crippen molar-refractivity contribution in [1.29, 1.82) is 0 Å². The van der Waals surface area contributed by atoms with Crippen molar-refractivity contribution < 1.29 is 33.4 Å². The smallest absolute Gasteiger partial charge is 0.356 e. The quantitative estimate of drug-likeness (QED) is 0.465. The molecule has 2 amide bonds. The van der Waals surface area contributed by atoms with Gasteiger partial charge in [-0.15, -0.1) is 0 Å². The predicted molar refractivity (Wildman–Crippen MR) is 111 cm³/mol. The number of ether oxygens (including phenoxy) is 3. The topological polar surface area (TPSA) is 104 Å². The Morgan fingerprint density at radius 2 is 1.81 bits per heavy atom. The minimum absolute atomic E-state index is 0.104. The lowest BCUT2D eigenvalue weighted by Crippen LogP contribution is -2.42. The average molecular weight is 442 g/mol. The van der Waals surface area contributed by atoms with Crippen LogP contribution in [-0.4, -0.2) is 61.9 Å². The van der Waals surface area contributed by atoms with Crippen molar-refractivity contribution in [2.24, 2.45) is 34.7 Å². The summed E-state index contributed by atoms with van der Waals surface area (Å²) in [5.74, 6) is -0.862. The van der Waals surface area contributed by atoms with Crippen molar-refractivity contribution in [3.05, 3.63) is 23.8 Å². The van der Waals surface area contributed by atoms with E-state index in [0.29, 0.717) is 30.9 Å². The van der Waals surface area contributed by atoms with Gasteiger partial charge < -0.3 is 19.0 Å². The van der Waals surface area contributed by atoms with E-state index >= 15 is 0 Å². The molecule has 2 aliphatic carbocycles. The van der Waals surface area contributed by atoms with Gasteiger partial charge in [0.05, 0.1) is 38.6 Å². The van der Waals surface area contributed by atoms with Crippen molar-refractivity contribution in [2.45, 2.75) is 25.9 Å². The Kier molecular flexibility index (Phi) is 5.06. The highest BCUT2D eigenvalue weighted by atomic mass is 16.6. The zero-order chi connectivity index (χ0) is 22.6. The van der Waals surface area contributed by atoms with E-state index in [1.54, 1.807) is 21.1 Å². The van der Waals surface area contributed by atoms with E-state index in [-0.39, 0.29) is 48.0 Å². The number of carbonyl (C=O) groups excluding carboxylic acids is 3. The Bertz CT molecular complexity index is 1010. The number of rotatable bonds is 7. The van der Waals surface area contributed by atoms with Gasteiger partial charge in [-0.25, -0.2) is 4.79 Å².